The molecule has 1 unspecified atom stereocenters. The molecule has 0 saturated carbocycles. The van der Waals surface area contributed by atoms with Crippen LogP contribution in [0.3, 0.4) is 0 Å². The van der Waals surface area contributed by atoms with Crippen LogP contribution >= 0.6 is 0 Å². The fourth-order valence-electron chi connectivity index (χ4n) is 1.56. The van der Waals surface area contributed by atoms with Gasteiger partial charge in [0.1, 0.15) is 0 Å². The molecule has 110 valence electrons. The zero-order valence-electron chi connectivity index (χ0n) is 13.1. The third kappa shape index (κ3) is 6.16. The topological polar surface area (TPSA) is 46.6 Å². The lowest BCUT2D eigenvalue weighted by Crippen LogP contribution is -2.47. The molecule has 0 N–H and O–H groups in total. The number of sulfonamides is 1. The number of rotatable bonds is 5. The van der Waals surface area contributed by atoms with Crippen molar-refractivity contribution in [2.24, 2.45) is 5.41 Å². The van der Waals surface area contributed by atoms with E-state index in [0.717, 1.165) is 0 Å². The minimum absolute atomic E-state index is 0.0671. The molecule has 0 aromatic heterocycles. The third-order valence-corrected chi connectivity index (χ3v) is 4.56. The SMILES string of the molecule is CC(OCCN(C(C)(C)C)S(C)(=O)=O)C(C)(C)C. The van der Waals surface area contributed by atoms with Crippen LogP contribution in [0.2, 0.25) is 0 Å². The lowest BCUT2D eigenvalue weighted by Gasteiger charge is -2.34. The molecule has 0 fully saturated rings. The third-order valence-electron chi connectivity index (χ3n) is 3.03. The summed E-state index contributed by atoms with van der Waals surface area (Å²) in [7, 11) is -3.20. The zero-order valence-corrected chi connectivity index (χ0v) is 13.9. The summed E-state index contributed by atoms with van der Waals surface area (Å²) >= 11 is 0. The Morgan fingerprint density at radius 2 is 1.56 bits per heavy atom. The van der Waals surface area contributed by atoms with E-state index in [2.05, 4.69) is 20.8 Å². The highest BCUT2D eigenvalue weighted by Gasteiger charge is 2.29. The van der Waals surface area contributed by atoms with Crippen molar-refractivity contribution in [3.05, 3.63) is 0 Å². The molecule has 0 bridgehead atoms. The van der Waals surface area contributed by atoms with Crippen LogP contribution in [-0.2, 0) is 14.8 Å². The first-order valence-electron chi connectivity index (χ1n) is 6.35. The van der Waals surface area contributed by atoms with Gasteiger partial charge in [-0.3, -0.25) is 0 Å². The van der Waals surface area contributed by atoms with Crippen LogP contribution in [0.15, 0.2) is 0 Å². The summed E-state index contributed by atoms with van der Waals surface area (Å²) in [6.45, 7) is 14.8. The van der Waals surface area contributed by atoms with Gasteiger partial charge in [0.15, 0.2) is 0 Å². The molecule has 5 heteroatoms. The molecule has 0 aliphatic rings. The molecule has 18 heavy (non-hydrogen) atoms. The van der Waals surface area contributed by atoms with E-state index in [4.69, 9.17) is 4.74 Å². The van der Waals surface area contributed by atoms with Crippen molar-refractivity contribution < 1.29 is 13.2 Å². The van der Waals surface area contributed by atoms with Crippen LogP contribution in [0, 0.1) is 5.41 Å². The largest absolute Gasteiger partial charge is 0.377 e. The van der Waals surface area contributed by atoms with Gasteiger partial charge < -0.3 is 4.74 Å². The molecule has 0 aromatic rings. The molecule has 0 aliphatic carbocycles. The molecule has 0 heterocycles. The van der Waals surface area contributed by atoms with Gasteiger partial charge in [0, 0.05) is 12.1 Å². The molecule has 0 aliphatic heterocycles. The molecular weight excluding hydrogens is 250 g/mol. The van der Waals surface area contributed by atoms with Gasteiger partial charge in [0.25, 0.3) is 0 Å². The minimum Gasteiger partial charge on any atom is -0.377 e. The van der Waals surface area contributed by atoms with Gasteiger partial charge in [0.2, 0.25) is 10.0 Å². The highest BCUT2D eigenvalue weighted by molar-refractivity contribution is 7.88. The second kappa shape index (κ2) is 5.88. The highest BCUT2D eigenvalue weighted by Crippen LogP contribution is 2.22. The maximum absolute atomic E-state index is 11.7. The molecule has 0 aromatic carbocycles. The van der Waals surface area contributed by atoms with Crippen molar-refractivity contribution in [1.29, 1.82) is 0 Å². The summed E-state index contributed by atoms with van der Waals surface area (Å²) in [6, 6.07) is 0. The molecule has 1 atom stereocenters. The Kier molecular flexibility index (Phi) is 5.84. The zero-order chi connectivity index (χ0) is 14.8. The Labute approximate surface area is 113 Å². The Balaban J connectivity index is 4.50. The second-order valence-electron chi connectivity index (χ2n) is 6.88. The Morgan fingerprint density at radius 1 is 1.11 bits per heavy atom. The van der Waals surface area contributed by atoms with Gasteiger partial charge >= 0.3 is 0 Å². The summed E-state index contributed by atoms with van der Waals surface area (Å²) in [5.74, 6) is 0. The van der Waals surface area contributed by atoms with E-state index < -0.39 is 15.6 Å². The van der Waals surface area contributed by atoms with Crippen molar-refractivity contribution in [2.45, 2.75) is 60.1 Å². The molecule has 0 saturated heterocycles. The van der Waals surface area contributed by atoms with Crippen LogP contribution in [0.5, 0.6) is 0 Å². The molecule has 0 amide bonds. The second-order valence-corrected chi connectivity index (χ2v) is 8.79. The maximum atomic E-state index is 11.7. The van der Waals surface area contributed by atoms with Gasteiger partial charge in [-0.2, -0.15) is 4.31 Å². The van der Waals surface area contributed by atoms with E-state index in [9.17, 15) is 8.42 Å². The molecule has 0 rings (SSSR count). The highest BCUT2D eigenvalue weighted by atomic mass is 32.2. The van der Waals surface area contributed by atoms with Crippen LogP contribution in [0.1, 0.15) is 48.5 Å². The first-order valence-corrected chi connectivity index (χ1v) is 8.20. The quantitative estimate of drug-likeness (QED) is 0.777. The first kappa shape index (κ1) is 17.9. The van der Waals surface area contributed by atoms with Crippen LogP contribution in [0.4, 0.5) is 0 Å². The summed E-state index contributed by atoms with van der Waals surface area (Å²) in [5, 5.41) is 0. The van der Waals surface area contributed by atoms with Crippen LogP contribution in [0.25, 0.3) is 0 Å². The molecule has 0 spiro atoms. The first-order chi connectivity index (χ1) is 7.76. The van der Waals surface area contributed by atoms with Crippen molar-refractivity contribution in [2.75, 3.05) is 19.4 Å². The fraction of sp³-hybridized carbons (Fsp3) is 1.00. The van der Waals surface area contributed by atoms with E-state index in [1.54, 1.807) is 0 Å². The summed E-state index contributed by atoms with van der Waals surface area (Å²) < 4.78 is 30.6. The summed E-state index contributed by atoms with van der Waals surface area (Å²) in [4.78, 5) is 0. The predicted molar refractivity (Wildman–Crippen MR) is 76.2 cm³/mol. The standard InChI is InChI=1S/C13H29NO3S/c1-11(12(2,3)4)17-10-9-14(13(5,6)7)18(8,15)16/h11H,9-10H2,1-8H3. The van der Waals surface area contributed by atoms with E-state index in [0.29, 0.717) is 13.2 Å². The minimum atomic E-state index is -3.20. The Bertz CT molecular complexity index is 349. The predicted octanol–water partition coefficient (Wildman–Crippen LogP) is 2.50. The molecule has 0 radical (unpaired) electrons. The van der Waals surface area contributed by atoms with E-state index in [1.165, 1.54) is 10.6 Å². The summed E-state index contributed by atoms with van der Waals surface area (Å²) in [5.41, 5.74) is -0.348. The van der Waals surface area contributed by atoms with E-state index >= 15 is 0 Å². The van der Waals surface area contributed by atoms with Crippen molar-refractivity contribution in [1.82, 2.24) is 4.31 Å². The van der Waals surface area contributed by atoms with E-state index in [-0.39, 0.29) is 11.5 Å². The van der Waals surface area contributed by atoms with Crippen molar-refractivity contribution in [3.63, 3.8) is 0 Å². The van der Waals surface area contributed by atoms with Gasteiger partial charge in [-0.25, -0.2) is 8.42 Å². The maximum Gasteiger partial charge on any atom is 0.211 e. The van der Waals surface area contributed by atoms with Crippen LogP contribution in [-0.4, -0.2) is 43.8 Å². The number of nitrogens with zero attached hydrogens (tertiary/aromatic N) is 1. The summed E-state index contributed by atoms with van der Waals surface area (Å²) in [6.07, 6.45) is 1.34. The smallest absolute Gasteiger partial charge is 0.211 e. The lowest BCUT2D eigenvalue weighted by atomic mass is 9.90. The van der Waals surface area contributed by atoms with Gasteiger partial charge in [0.05, 0.1) is 19.0 Å². The van der Waals surface area contributed by atoms with Gasteiger partial charge in [-0.15, -0.1) is 0 Å². The average Bonchev–Trinajstić information content (AvgIpc) is 2.05. The van der Waals surface area contributed by atoms with Crippen LogP contribution < -0.4 is 0 Å². The van der Waals surface area contributed by atoms with Gasteiger partial charge in [-0.1, -0.05) is 20.8 Å². The van der Waals surface area contributed by atoms with Gasteiger partial charge in [-0.05, 0) is 33.1 Å². The Hall–Kier alpha value is -0.130. The van der Waals surface area contributed by atoms with Crippen molar-refractivity contribution in [3.8, 4) is 0 Å². The number of hydrogen-bond acceptors (Lipinski definition) is 3. The Morgan fingerprint density at radius 3 is 1.83 bits per heavy atom. The average molecular weight is 279 g/mol. The van der Waals surface area contributed by atoms with E-state index in [1.807, 2.05) is 27.7 Å². The number of hydrogen-bond donors (Lipinski definition) is 0. The lowest BCUT2D eigenvalue weighted by molar-refractivity contribution is -0.0121. The normalized spacial score (nSPS) is 16.1. The fourth-order valence-corrected chi connectivity index (χ4v) is 2.96. The molecule has 4 nitrogen and oxygen atoms in total. The molecular formula is C13H29NO3S. The van der Waals surface area contributed by atoms with Crippen molar-refractivity contribution >= 4 is 10.0 Å². The monoisotopic (exact) mass is 279 g/mol. The number of ether oxygens (including phenoxy) is 1.